The number of halogens is 1. The van der Waals surface area contributed by atoms with E-state index in [0.717, 1.165) is 12.1 Å². The van der Waals surface area contributed by atoms with Gasteiger partial charge < -0.3 is 11.5 Å². The van der Waals surface area contributed by atoms with Crippen molar-refractivity contribution in [3.05, 3.63) is 24.0 Å². The molecule has 1 rings (SSSR count). The third-order valence-corrected chi connectivity index (χ3v) is 3.86. The van der Waals surface area contributed by atoms with Gasteiger partial charge in [0, 0.05) is 10.6 Å². The topological polar surface area (TPSA) is 86.2 Å². The first-order chi connectivity index (χ1) is 7.45. The molecule has 6 heteroatoms. The third kappa shape index (κ3) is 2.79. The van der Waals surface area contributed by atoms with E-state index in [9.17, 15) is 13.4 Å². The standard InChI is InChI=1S/C10H13FN2O2S/c1-2-9(10(13)14)16(15)8-4-6(11)3-7(12)5-8/h3-5,9H,2,12H2,1H3,(H2,13,14). The van der Waals surface area contributed by atoms with E-state index in [1.54, 1.807) is 6.92 Å². The van der Waals surface area contributed by atoms with Gasteiger partial charge in [-0.3, -0.25) is 9.00 Å². The Kier molecular flexibility index (Phi) is 4.00. The van der Waals surface area contributed by atoms with E-state index in [2.05, 4.69) is 0 Å². The number of primary amides is 1. The number of nitrogen functional groups attached to an aromatic ring is 1. The van der Waals surface area contributed by atoms with Crippen molar-refractivity contribution in [2.75, 3.05) is 5.73 Å². The maximum atomic E-state index is 13.0. The van der Waals surface area contributed by atoms with Crippen LogP contribution in [0, 0.1) is 5.82 Å². The highest BCUT2D eigenvalue weighted by Gasteiger charge is 2.22. The fraction of sp³-hybridized carbons (Fsp3) is 0.300. The predicted octanol–water partition coefficient (Wildman–Crippen LogP) is 0.779. The molecule has 16 heavy (non-hydrogen) atoms. The fourth-order valence-electron chi connectivity index (χ4n) is 1.32. The minimum absolute atomic E-state index is 0.169. The lowest BCUT2D eigenvalue weighted by molar-refractivity contribution is -0.117. The van der Waals surface area contributed by atoms with Crippen molar-refractivity contribution >= 4 is 22.4 Å². The van der Waals surface area contributed by atoms with Crippen LogP contribution in [0.1, 0.15) is 13.3 Å². The summed E-state index contributed by atoms with van der Waals surface area (Å²) in [6.07, 6.45) is 0.332. The van der Waals surface area contributed by atoms with Crippen LogP contribution in [0.15, 0.2) is 23.1 Å². The third-order valence-electron chi connectivity index (χ3n) is 2.07. The van der Waals surface area contributed by atoms with Crippen LogP contribution in [-0.2, 0) is 15.6 Å². The molecule has 4 nitrogen and oxygen atoms in total. The summed E-state index contributed by atoms with van der Waals surface area (Å²) in [6.45, 7) is 1.69. The second-order valence-corrected chi connectivity index (χ2v) is 4.95. The molecular formula is C10H13FN2O2S. The van der Waals surface area contributed by atoms with Gasteiger partial charge in [0.1, 0.15) is 11.1 Å². The van der Waals surface area contributed by atoms with E-state index in [0.29, 0.717) is 6.42 Å². The molecule has 0 radical (unpaired) electrons. The first-order valence-corrected chi connectivity index (χ1v) is 5.93. The smallest absolute Gasteiger partial charge is 0.233 e. The summed E-state index contributed by atoms with van der Waals surface area (Å²) in [5.74, 6) is -1.24. The largest absolute Gasteiger partial charge is 0.399 e. The molecule has 0 aromatic heterocycles. The quantitative estimate of drug-likeness (QED) is 0.767. The molecule has 0 heterocycles. The maximum absolute atomic E-state index is 13.0. The lowest BCUT2D eigenvalue weighted by Crippen LogP contribution is -2.31. The van der Waals surface area contributed by atoms with Crippen molar-refractivity contribution < 1.29 is 13.4 Å². The summed E-state index contributed by atoms with van der Waals surface area (Å²) in [6, 6.07) is 3.59. The van der Waals surface area contributed by atoms with E-state index < -0.39 is 27.8 Å². The average Bonchev–Trinajstić information content (AvgIpc) is 2.16. The van der Waals surface area contributed by atoms with E-state index >= 15 is 0 Å². The number of hydrogen-bond donors (Lipinski definition) is 2. The summed E-state index contributed by atoms with van der Waals surface area (Å²) in [5, 5.41) is -0.818. The van der Waals surface area contributed by atoms with Crippen LogP contribution < -0.4 is 11.5 Å². The van der Waals surface area contributed by atoms with Crippen LogP contribution in [0.2, 0.25) is 0 Å². The first-order valence-electron chi connectivity index (χ1n) is 4.71. The van der Waals surface area contributed by atoms with Gasteiger partial charge in [-0.05, 0) is 24.6 Å². The van der Waals surface area contributed by atoms with E-state index in [-0.39, 0.29) is 10.6 Å². The molecule has 1 aromatic rings. The monoisotopic (exact) mass is 244 g/mol. The number of carbonyl (C=O) groups excluding carboxylic acids is 1. The highest BCUT2D eigenvalue weighted by Crippen LogP contribution is 2.18. The molecule has 0 aliphatic carbocycles. The second kappa shape index (κ2) is 5.07. The number of carbonyl (C=O) groups is 1. The highest BCUT2D eigenvalue weighted by molar-refractivity contribution is 7.86. The predicted molar refractivity (Wildman–Crippen MR) is 60.5 cm³/mol. The number of nitrogens with two attached hydrogens (primary N) is 2. The van der Waals surface area contributed by atoms with Gasteiger partial charge in [0.2, 0.25) is 5.91 Å². The van der Waals surface area contributed by atoms with Crippen molar-refractivity contribution in [2.45, 2.75) is 23.5 Å². The first kappa shape index (κ1) is 12.6. The minimum atomic E-state index is -1.67. The molecule has 4 N–H and O–H groups in total. The number of rotatable bonds is 4. The van der Waals surface area contributed by atoms with Gasteiger partial charge in [0.15, 0.2) is 0 Å². The Morgan fingerprint density at radius 3 is 2.56 bits per heavy atom. The normalized spacial score (nSPS) is 14.4. The molecule has 0 saturated carbocycles. The van der Waals surface area contributed by atoms with Crippen molar-refractivity contribution in [3.63, 3.8) is 0 Å². The molecule has 0 aliphatic heterocycles. The van der Waals surface area contributed by atoms with Crippen molar-refractivity contribution in [3.8, 4) is 0 Å². The SMILES string of the molecule is CCC(C(N)=O)S(=O)c1cc(N)cc(F)c1. The Morgan fingerprint density at radius 2 is 2.12 bits per heavy atom. The molecule has 0 aliphatic rings. The zero-order chi connectivity index (χ0) is 12.3. The Morgan fingerprint density at radius 1 is 1.50 bits per heavy atom. The van der Waals surface area contributed by atoms with Crippen LogP contribution in [0.4, 0.5) is 10.1 Å². The van der Waals surface area contributed by atoms with Crippen LogP contribution in [-0.4, -0.2) is 15.4 Å². The van der Waals surface area contributed by atoms with Crippen LogP contribution in [0.25, 0.3) is 0 Å². The molecule has 1 aromatic carbocycles. The van der Waals surface area contributed by atoms with Crippen LogP contribution in [0.5, 0.6) is 0 Å². The summed E-state index contributed by atoms with van der Waals surface area (Å²) in [5.41, 5.74) is 10.7. The summed E-state index contributed by atoms with van der Waals surface area (Å²) in [7, 11) is -1.67. The number of benzene rings is 1. The van der Waals surface area contributed by atoms with Gasteiger partial charge in [0.25, 0.3) is 0 Å². The van der Waals surface area contributed by atoms with E-state index in [1.165, 1.54) is 6.07 Å². The Hall–Kier alpha value is -1.43. The number of anilines is 1. The van der Waals surface area contributed by atoms with Crippen LogP contribution in [0.3, 0.4) is 0 Å². The molecule has 1 amide bonds. The lowest BCUT2D eigenvalue weighted by Gasteiger charge is -2.11. The van der Waals surface area contributed by atoms with Crippen molar-refractivity contribution in [2.24, 2.45) is 5.73 Å². The molecule has 0 bridgehead atoms. The molecule has 0 spiro atoms. The Bertz CT molecular complexity index is 417. The molecule has 88 valence electrons. The fourth-order valence-corrected chi connectivity index (χ4v) is 2.65. The Labute approximate surface area is 95.3 Å². The average molecular weight is 244 g/mol. The van der Waals surface area contributed by atoms with Gasteiger partial charge in [-0.25, -0.2) is 4.39 Å². The van der Waals surface area contributed by atoms with Gasteiger partial charge in [0.05, 0.1) is 10.8 Å². The zero-order valence-corrected chi connectivity index (χ0v) is 9.59. The molecule has 0 fully saturated rings. The molecule has 0 saturated heterocycles. The van der Waals surface area contributed by atoms with E-state index in [1.807, 2.05) is 0 Å². The molecule has 2 atom stereocenters. The Balaban J connectivity index is 3.08. The van der Waals surface area contributed by atoms with Gasteiger partial charge in [-0.1, -0.05) is 6.92 Å². The van der Waals surface area contributed by atoms with E-state index in [4.69, 9.17) is 11.5 Å². The lowest BCUT2D eigenvalue weighted by atomic mass is 10.3. The summed E-state index contributed by atoms with van der Waals surface area (Å²) < 4.78 is 24.9. The second-order valence-electron chi connectivity index (χ2n) is 3.32. The highest BCUT2D eigenvalue weighted by atomic mass is 32.2. The van der Waals surface area contributed by atoms with Crippen LogP contribution >= 0.6 is 0 Å². The van der Waals surface area contributed by atoms with Gasteiger partial charge >= 0.3 is 0 Å². The number of amides is 1. The van der Waals surface area contributed by atoms with Crippen molar-refractivity contribution in [1.82, 2.24) is 0 Å². The van der Waals surface area contributed by atoms with Crippen molar-refractivity contribution in [1.29, 1.82) is 0 Å². The van der Waals surface area contributed by atoms with Gasteiger partial charge in [-0.15, -0.1) is 0 Å². The maximum Gasteiger partial charge on any atom is 0.233 e. The van der Waals surface area contributed by atoms with Gasteiger partial charge in [-0.2, -0.15) is 0 Å². The minimum Gasteiger partial charge on any atom is -0.399 e. The summed E-state index contributed by atoms with van der Waals surface area (Å²) >= 11 is 0. The zero-order valence-electron chi connectivity index (χ0n) is 8.77. The molecule has 2 unspecified atom stereocenters. The number of hydrogen-bond acceptors (Lipinski definition) is 3. The molecular weight excluding hydrogens is 231 g/mol. The summed E-state index contributed by atoms with van der Waals surface area (Å²) in [4.78, 5) is 11.2.